The Bertz CT molecular complexity index is 765. The fourth-order valence-electron chi connectivity index (χ4n) is 1.39. The van der Waals surface area contributed by atoms with E-state index in [0.717, 1.165) is 0 Å². The Morgan fingerprint density at radius 3 is 3.00 bits per heavy atom. The summed E-state index contributed by atoms with van der Waals surface area (Å²) in [6, 6.07) is 1.34. The molecule has 0 aliphatic heterocycles. The van der Waals surface area contributed by atoms with Crippen LogP contribution in [-0.2, 0) is 0 Å². The van der Waals surface area contributed by atoms with Crippen LogP contribution in [0.2, 0.25) is 0 Å². The molecule has 3 heterocycles. The lowest BCUT2D eigenvalue weighted by Gasteiger charge is -2.01. The number of anilines is 1. The number of nitrogens with one attached hydrogen (secondary N) is 2. The molecule has 0 unspecified atom stereocenters. The van der Waals surface area contributed by atoms with Crippen molar-refractivity contribution in [2.24, 2.45) is 0 Å². The van der Waals surface area contributed by atoms with Gasteiger partial charge in [-0.25, -0.2) is 15.0 Å². The lowest BCUT2D eigenvalue weighted by Crippen LogP contribution is -2.05. The predicted molar refractivity (Wildman–Crippen MR) is 65.1 cm³/mol. The number of H-pyrrole nitrogens is 2. The Kier molecular flexibility index (Phi) is 2.45. The average Bonchev–Trinajstić information content (AvgIpc) is 2.77. The van der Waals surface area contributed by atoms with E-state index in [-0.39, 0.29) is 11.5 Å². The highest BCUT2D eigenvalue weighted by Crippen LogP contribution is 2.27. The molecule has 9 heteroatoms. The number of hydrogen-bond donors (Lipinski definition) is 3. The molecule has 0 saturated heterocycles. The predicted octanol–water partition coefficient (Wildman–Crippen LogP) is 0.170. The molecule has 0 atom stereocenters. The number of aromatic nitrogens is 6. The maximum absolute atomic E-state index is 11.2. The van der Waals surface area contributed by atoms with Gasteiger partial charge in [0.2, 0.25) is 5.95 Å². The van der Waals surface area contributed by atoms with Gasteiger partial charge in [-0.3, -0.25) is 4.79 Å². The summed E-state index contributed by atoms with van der Waals surface area (Å²) >= 11 is 1.18. The first-order chi connectivity index (χ1) is 8.72. The number of nitrogen functional groups attached to an aromatic ring is 1. The molecule has 0 aliphatic carbocycles. The third-order valence-electron chi connectivity index (χ3n) is 2.11. The minimum atomic E-state index is -0.226. The minimum absolute atomic E-state index is 0.121. The zero-order valence-electron chi connectivity index (χ0n) is 8.91. The van der Waals surface area contributed by atoms with E-state index in [0.29, 0.717) is 21.3 Å². The van der Waals surface area contributed by atoms with Crippen LogP contribution in [0, 0.1) is 0 Å². The van der Waals surface area contributed by atoms with Crippen LogP contribution in [-0.4, -0.2) is 29.9 Å². The normalized spacial score (nSPS) is 10.9. The van der Waals surface area contributed by atoms with Gasteiger partial charge in [0.15, 0.2) is 10.8 Å². The van der Waals surface area contributed by atoms with Crippen LogP contribution in [0.4, 0.5) is 5.95 Å². The van der Waals surface area contributed by atoms with Gasteiger partial charge in [0.25, 0.3) is 5.56 Å². The highest BCUT2D eigenvalue weighted by atomic mass is 32.2. The van der Waals surface area contributed by atoms with Gasteiger partial charge >= 0.3 is 0 Å². The molecule has 8 nitrogen and oxygen atoms in total. The fraction of sp³-hybridized carbons (Fsp3) is 0. The molecule has 0 radical (unpaired) electrons. The fourth-order valence-corrected chi connectivity index (χ4v) is 2.23. The van der Waals surface area contributed by atoms with Crippen molar-refractivity contribution in [3.05, 3.63) is 28.9 Å². The van der Waals surface area contributed by atoms with Crippen molar-refractivity contribution in [1.82, 2.24) is 29.9 Å². The summed E-state index contributed by atoms with van der Waals surface area (Å²) in [5.41, 5.74) is 6.49. The maximum Gasteiger partial charge on any atom is 0.251 e. The third-order valence-corrected chi connectivity index (χ3v) is 3.00. The number of fused-ring (bicyclic) bond motifs is 1. The lowest BCUT2D eigenvalue weighted by atomic mass is 10.5. The Labute approximate surface area is 104 Å². The summed E-state index contributed by atoms with van der Waals surface area (Å²) in [7, 11) is 0. The van der Waals surface area contributed by atoms with Gasteiger partial charge in [0, 0.05) is 12.3 Å². The summed E-state index contributed by atoms with van der Waals surface area (Å²) in [5.74, 6) is 0.121. The summed E-state index contributed by atoms with van der Waals surface area (Å²) < 4.78 is 0. The average molecular weight is 261 g/mol. The minimum Gasteiger partial charge on any atom is -0.368 e. The largest absolute Gasteiger partial charge is 0.368 e. The van der Waals surface area contributed by atoms with Crippen molar-refractivity contribution < 1.29 is 0 Å². The first-order valence-electron chi connectivity index (χ1n) is 4.92. The van der Waals surface area contributed by atoms with Crippen LogP contribution < -0.4 is 11.3 Å². The third kappa shape index (κ3) is 1.91. The van der Waals surface area contributed by atoms with Crippen molar-refractivity contribution in [2.45, 2.75) is 10.2 Å². The van der Waals surface area contributed by atoms with Gasteiger partial charge in [0.1, 0.15) is 10.5 Å². The highest BCUT2D eigenvalue weighted by Gasteiger charge is 2.11. The first-order valence-corrected chi connectivity index (χ1v) is 5.74. The van der Waals surface area contributed by atoms with Crippen LogP contribution in [0.1, 0.15) is 0 Å². The summed E-state index contributed by atoms with van der Waals surface area (Å²) in [5, 5.41) is 0.987. The Morgan fingerprint density at radius 2 is 2.17 bits per heavy atom. The molecule has 0 spiro atoms. The van der Waals surface area contributed by atoms with Crippen LogP contribution in [0.5, 0.6) is 0 Å². The number of nitrogens with zero attached hydrogens (tertiary/aromatic N) is 4. The second-order valence-corrected chi connectivity index (χ2v) is 4.31. The number of rotatable bonds is 2. The quantitative estimate of drug-likeness (QED) is 0.443. The first kappa shape index (κ1) is 10.7. The lowest BCUT2D eigenvalue weighted by molar-refractivity contribution is 0.932. The molecule has 90 valence electrons. The van der Waals surface area contributed by atoms with Crippen LogP contribution in [0.3, 0.4) is 0 Å². The molecule has 3 aromatic heterocycles. The SMILES string of the molecule is Nc1nc(Sc2nccc(=O)[nH]2)c2[nH]cnc2n1. The van der Waals surface area contributed by atoms with E-state index >= 15 is 0 Å². The van der Waals surface area contributed by atoms with Gasteiger partial charge in [-0.1, -0.05) is 0 Å². The molecule has 3 rings (SSSR count). The van der Waals surface area contributed by atoms with Crippen LogP contribution >= 0.6 is 11.8 Å². The van der Waals surface area contributed by atoms with E-state index in [9.17, 15) is 4.79 Å². The van der Waals surface area contributed by atoms with Crippen LogP contribution in [0.25, 0.3) is 11.2 Å². The highest BCUT2D eigenvalue weighted by molar-refractivity contribution is 7.99. The Balaban J connectivity index is 2.09. The smallest absolute Gasteiger partial charge is 0.251 e. The van der Waals surface area contributed by atoms with Crippen molar-refractivity contribution >= 4 is 28.9 Å². The molecule has 0 amide bonds. The summed E-state index contributed by atoms with van der Waals surface area (Å²) in [4.78, 5) is 32.8. The van der Waals surface area contributed by atoms with Crippen molar-refractivity contribution in [3.8, 4) is 0 Å². The zero-order valence-corrected chi connectivity index (χ0v) is 9.73. The number of aromatic amines is 2. The summed E-state index contributed by atoms with van der Waals surface area (Å²) in [6.45, 7) is 0. The van der Waals surface area contributed by atoms with E-state index < -0.39 is 0 Å². The van der Waals surface area contributed by atoms with Gasteiger partial charge in [-0.2, -0.15) is 4.98 Å². The molecule has 3 aromatic rings. The Hall–Kier alpha value is -2.42. The second-order valence-electron chi connectivity index (χ2n) is 3.33. The van der Waals surface area contributed by atoms with Gasteiger partial charge < -0.3 is 15.7 Å². The van der Waals surface area contributed by atoms with Gasteiger partial charge in [-0.05, 0) is 11.8 Å². The molecule has 18 heavy (non-hydrogen) atoms. The molecule has 0 fully saturated rings. The molecule has 0 bridgehead atoms. The topological polar surface area (TPSA) is 126 Å². The van der Waals surface area contributed by atoms with Crippen molar-refractivity contribution in [3.63, 3.8) is 0 Å². The van der Waals surface area contributed by atoms with Gasteiger partial charge in [-0.15, -0.1) is 0 Å². The number of imidazole rings is 1. The van der Waals surface area contributed by atoms with E-state index in [2.05, 4.69) is 29.9 Å². The molecule has 4 N–H and O–H groups in total. The molecular formula is C9H7N7OS. The maximum atomic E-state index is 11.2. The molecule has 0 aromatic carbocycles. The van der Waals surface area contributed by atoms with Crippen molar-refractivity contribution in [1.29, 1.82) is 0 Å². The van der Waals surface area contributed by atoms with E-state index in [1.54, 1.807) is 0 Å². The van der Waals surface area contributed by atoms with E-state index in [1.165, 1.54) is 30.4 Å². The van der Waals surface area contributed by atoms with E-state index in [1.807, 2.05) is 0 Å². The standard InChI is InChI=1S/C9H7N7OS/c10-8-15-6-5(12-3-13-6)7(16-8)18-9-11-2-1-4(17)14-9/h1-3H,(H,11,14,17)(H3,10,12,13,15,16). The Morgan fingerprint density at radius 1 is 1.28 bits per heavy atom. The monoisotopic (exact) mass is 261 g/mol. The van der Waals surface area contributed by atoms with E-state index in [4.69, 9.17) is 5.73 Å². The van der Waals surface area contributed by atoms with Gasteiger partial charge in [0.05, 0.1) is 6.33 Å². The van der Waals surface area contributed by atoms with Crippen LogP contribution in [0.15, 0.2) is 33.6 Å². The van der Waals surface area contributed by atoms with Crippen molar-refractivity contribution in [2.75, 3.05) is 5.73 Å². The number of hydrogen-bond acceptors (Lipinski definition) is 7. The molecule has 0 saturated carbocycles. The number of nitrogens with two attached hydrogens (primary N) is 1. The zero-order chi connectivity index (χ0) is 12.5. The molecule has 0 aliphatic rings. The molecular weight excluding hydrogens is 254 g/mol. The summed E-state index contributed by atoms with van der Waals surface area (Å²) in [6.07, 6.45) is 2.93. The second kappa shape index (κ2) is 4.11.